The molecule has 1 heterocycles. The van der Waals surface area contributed by atoms with Gasteiger partial charge in [0.1, 0.15) is 5.56 Å². The molecule has 1 N–H and O–H groups in total. The monoisotopic (exact) mass is 253 g/mol. The predicted molar refractivity (Wildman–Crippen MR) is 61.2 cm³/mol. The van der Waals surface area contributed by atoms with Gasteiger partial charge < -0.3 is 5.11 Å². The lowest BCUT2D eigenvalue weighted by Gasteiger charge is -1.96. The van der Waals surface area contributed by atoms with Crippen LogP contribution in [-0.2, 0) is 4.79 Å². The number of carboxylic acid groups (broad SMARTS) is 1. The van der Waals surface area contributed by atoms with E-state index in [-0.39, 0.29) is 5.12 Å². The number of hydrogen-bond donors (Lipinski definition) is 1. The third-order valence-electron chi connectivity index (χ3n) is 1.65. The topological polar surface area (TPSA) is 67.3 Å². The van der Waals surface area contributed by atoms with Gasteiger partial charge in [0, 0.05) is 18.7 Å². The van der Waals surface area contributed by atoms with E-state index in [1.165, 1.54) is 6.92 Å². The molecule has 4 nitrogen and oxygen atoms in total. The van der Waals surface area contributed by atoms with Crippen molar-refractivity contribution in [3.05, 3.63) is 29.3 Å². The lowest BCUT2D eigenvalue weighted by molar-refractivity contribution is -0.109. The van der Waals surface area contributed by atoms with Crippen molar-refractivity contribution in [3.63, 3.8) is 0 Å². The SMILES string of the molecule is CC(=O)SCC#Cc1cnc(F)c(C(=O)O)c1. The van der Waals surface area contributed by atoms with Crippen molar-refractivity contribution in [2.75, 3.05) is 5.75 Å². The molecule has 0 spiro atoms. The van der Waals surface area contributed by atoms with Crippen LogP contribution in [0.5, 0.6) is 0 Å². The van der Waals surface area contributed by atoms with Crippen molar-refractivity contribution in [3.8, 4) is 11.8 Å². The van der Waals surface area contributed by atoms with E-state index in [2.05, 4.69) is 16.8 Å². The van der Waals surface area contributed by atoms with Gasteiger partial charge in [-0.15, -0.1) is 0 Å². The van der Waals surface area contributed by atoms with E-state index in [9.17, 15) is 14.0 Å². The standard InChI is InChI=1S/C11H8FNO3S/c1-7(14)17-4-2-3-8-5-9(11(15)16)10(12)13-6-8/h5-6H,4H2,1H3,(H,15,16). The van der Waals surface area contributed by atoms with Crippen LogP contribution in [0, 0.1) is 17.8 Å². The molecule has 17 heavy (non-hydrogen) atoms. The summed E-state index contributed by atoms with van der Waals surface area (Å²) in [7, 11) is 0. The van der Waals surface area contributed by atoms with Crippen LogP contribution in [0.15, 0.2) is 12.3 Å². The molecular formula is C11H8FNO3S. The molecule has 1 aromatic rings. The average Bonchev–Trinajstić information content (AvgIpc) is 2.25. The first-order valence-electron chi connectivity index (χ1n) is 4.52. The molecule has 88 valence electrons. The molecule has 0 atom stereocenters. The smallest absolute Gasteiger partial charge is 0.340 e. The van der Waals surface area contributed by atoms with Gasteiger partial charge >= 0.3 is 5.97 Å². The Balaban J connectivity index is 2.82. The lowest BCUT2D eigenvalue weighted by atomic mass is 10.2. The van der Waals surface area contributed by atoms with E-state index in [0.29, 0.717) is 11.3 Å². The van der Waals surface area contributed by atoms with Gasteiger partial charge in [-0.1, -0.05) is 23.6 Å². The summed E-state index contributed by atoms with van der Waals surface area (Å²) in [5, 5.41) is 8.60. The first-order valence-corrected chi connectivity index (χ1v) is 5.50. The zero-order valence-corrected chi connectivity index (χ0v) is 9.68. The molecule has 0 bridgehead atoms. The van der Waals surface area contributed by atoms with Gasteiger partial charge in [0.05, 0.1) is 5.75 Å². The van der Waals surface area contributed by atoms with Gasteiger partial charge in [-0.05, 0) is 6.07 Å². The molecule has 0 saturated heterocycles. The summed E-state index contributed by atoms with van der Waals surface area (Å²) in [6, 6.07) is 1.11. The van der Waals surface area contributed by atoms with Crippen molar-refractivity contribution in [2.45, 2.75) is 6.92 Å². The Labute approximate surface area is 101 Å². The number of halogens is 1. The zero-order chi connectivity index (χ0) is 12.8. The van der Waals surface area contributed by atoms with Crippen LogP contribution in [0.25, 0.3) is 0 Å². The van der Waals surface area contributed by atoms with Gasteiger partial charge in [-0.2, -0.15) is 4.39 Å². The Hall–Kier alpha value is -1.87. The van der Waals surface area contributed by atoms with Gasteiger partial charge in [-0.25, -0.2) is 9.78 Å². The third-order valence-corrected chi connectivity index (χ3v) is 2.35. The Morgan fingerprint density at radius 3 is 2.88 bits per heavy atom. The van der Waals surface area contributed by atoms with Crippen LogP contribution < -0.4 is 0 Å². The molecule has 0 aliphatic heterocycles. The number of thioether (sulfide) groups is 1. The lowest BCUT2D eigenvalue weighted by Crippen LogP contribution is -2.03. The second kappa shape index (κ2) is 6.01. The summed E-state index contributed by atoms with van der Waals surface area (Å²) in [6.45, 7) is 1.42. The summed E-state index contributed by atoms with van der Waals surface area (Å²) in [6.07, 6.45) is 1.15. The van der Waals surface area contributed by atoms with Crippen LogP contribution in [0.3, 0.4) is 0 Å². The first kappa shape index (κ1) is 13.2. The summed E-state index contributed by atoms with van der Waals surface area (Å²) in [5.74, 6) is 3.13. The van der Waals surface area contributed by atoms with Crippen LogP contribution in [0.2, 0.25) is 0 Å². The van der Waals surface area contributed by atoms with Crippen molar-refractivity contribution < 1.29 is 19.1 Å². The van der Waals surface area contributed by atoms with E-state index in [1.807, 2.05) is 0 Å². The van der Waals surface area contributed by atoms with E-state index in [4.69, 9.17) is 5.11 Å². The molecule has 0 saturated carbocycles. The van der Waals surface area contributed by atoms with E-state index in [1.54, 1.807) is 0 Å². The molecule has 6 heteroatoms. The van der Waals surface area contributed by atoms with Crippen LogP contribution in [0.1, 0.15) is 22.8 Å². The maximum absolute atomic E-state index is 12.9. The summed E-state index contributed by atoms with van der Waals surface area (Å²) < 4.78 is 12.9. The number of pyridine rings is 1. The van der Waals surface area contributed by atoms with Gasteiger partial charge in [-0.3, -0.25) is 4.79 Å². The fourth-order valence-corrected chi connectivity index (χ4v) is 1.29. The summed E-state index contributed by atoms with van der Waals surface area (Å²) in [4.78, 5) is 24.5. The highest BCUT2D eigenvalue weighted by atomic mass is 32.2. The maximum atomic E-state index is 12.9. The Morgan fingerprint density at radius 2 is 2.29 bits per heavy atom. The highest BCUT2D eigenvalue weighted by Crippen LogP contribution is 2.07. The molecule has 0 fully saturated rings. The fourth-order valence-electron chi connectivity index (χ4n) is 0.942. The quantitative estimate of drug-likeness (QED) is 0.639. The van der Waals surface area contributed by atoms with E-state index in [0.717, 1.165) is 24.0 Å². The van der Waals surface area contributed by atoms with Crippen LogP contribution in [-0.4, -0.2) is 26.9 Å². The molecule has 0 amide bonds. The zero-order valence-electron chi connectivity index (χ0n) is 8.86. The third kappa shape index (κ3) is 4.25. The first-order chi connectivity index (χ1) is 8.00. The van der Waals surface area contributed by atoms with Gasteiger partial charge in [0.15, 0.2) is 5.12 Å². The molecule has 1 rings (SSSR count). The highest BCUT2D eigenvalue weighted by molar-refractivity contribution is 8.13. The van der Waals surface area contributed by atoms with Crippen molar-refractivity contribution in [1.29, 1.82) is 0 Å². The number of carbonyl (C=O) groups excluding carboxylic acids is 1. The average molecular weight is 253 g/mol. The number of nitrogens with zero attached hydrogens (tertiary/aromatic N) is 1. The van der Waals surface area contributed by atoms with Crippen LogP contribution >= 0.6 is 11.8 Å². The summed E-state index contributed by atoms with van der Waals surface area (Å²) >= 11 is 1.04. The molecule has 0 unspecified atom stereocenters. The molecule has 0 radical (unpaired) electrons. The molecule has 0 aromatic carbocycles. The largest absolute Gasteiger partial charge is 0.478 e. The normalized spacial score (nSPS) is 9.29. The second-order valence-electron chi connectivity index (χ2n) is 2.95. The van der Waals surface area contributed by atoms with Crippen LogP contribution in [0.4, 0.5) is 4.39 Å². The van der Waals surface area contributed by atoms with Crippen molar-refractivity contribution in [2.24, 2.45) is 0 Å². The second-order valence-corrected chi connectivity index (χ2v) is 4.10. The Kier molecular flexibility index (Phi) is 4.67. The number of aromatic nitrogens is 1. The molecule has 0 aliphatic carbocycles. The number of hydrogen-bond acceptors (Lipinski definition) is 4. The number of rotatable bonds is 2. The van der Waals surface area contributed by atoms with Crippen molar-refractivity contribution in [1.82, 2.24) is 4.98 Å². The molecular weight excluding hydrogens is 245 g/mol. The minimum atomic E-state index is -1.39. The number of carbonyl (C=O) groups is 2. The van der Waals surface area contributed by atoms with Gasteiger partial charge in [0.25, 0.3) is 0 Å². The minimum Gasteiger partial charge on any atom is -0.478 e. The predicted octanol–water partition coefficient (Wildman–Crippen LogP) is 1.55. The number of carboxylic acids is 1. The molecule has 1 aromatic heterocycles. The Morgan fingerprint density at radius 1 is 1.59 bits per heavy atom. The van der Waals surface area contributed by atoms with Crippen molar-refractivity contribution >= 4 is 22.8 Å². The van der Waals surface area contributed by atoms with E-state index < -0.39 is 17.5 Å². The fraction of sp³-hybridized carbons (Fsp3) is 0.182. The molecule has 0 aliphatic rings. The van der Waals surface area contributed by atoms with E-state index >= 15 is 0 Å². The summed E-state index contributed by atoms with van der Waals surface area (Å²) in [5.41, 5.74) is -0.219. The minimum absolute atomic E-state index is 0.0530. The number of aromatic carboxylic acids is 1. The maximum Gasteiger partial charge on any atom is 0.340 e. The Bertz CT molecular complexity index is 519. The highest BCUT2D eigenvalue weighted by Gasteiger charge is 2.11. The van der Waals surface area contributed by atoms with Gasteiger partial charge in [0.2, 0.25) is 5.95 Å².